The molecule has 1 fully saturated rings. The van der Waals surface area contributed by atoms with Crippen LogP contribution in [0.1, 0.15) is 0 Å². The third kappa shape index (κ3) is 2.07. The van der Waals surface area contributed by atoms with Gasteiger partial charge in [-0.05, 0) is 0 Å². The van der Waals surface area contributed by atoms with Crippen LogP contribution in [0, 0.1) is 0 Å². The van der Waals surface area contributed by atoms with Gasteiger partial charge in [0, 0.05) is 13.1 Å². The maximum absolute atomic E-state index is 9.12. The van der Waals surface area contributed by atoms with Gasteiger partial charge in [-0.3, -0.25) is 4.90 Å². The van der Waals surface area contributed by atoms with Gasteiger partial charge >= 0.3 is 0 Å². The Morgan fingerprint density at radius 1 is 1.42 bits per heavy atom. The lowest BCUT2D eigenvalue weighted by Crippen LogP contribution is -2.33. The minimum atomic E-state index is -0.725. The standard InChI is InChI=1S/C6H13N3O3/c7-6(8-12)3-9-1-4(10)5(11)2-9/h4-5,10-12H,1-3H2,(H2,7,8). The Morgan fingerprint density at radius 3 is 2.33 bits per heavy atom. The molecular weight excluding hydrogens is 162 g/mol. The fourth-order valence-electron chi connectivity index (χ4n) is 1.24. The highest BCUT2D eigenvalue weighted by Gasteiger charge is 2.29. The maximum Gasteiger partial charge on any atom is 0.153 e. The van der Waals surface area contributed by atoms with E-state index in [1.54, 1.807) is 4.90 Å². The zero-order valence-electron chi connectivity index (χ0n) is 6.59. The molecule has 1 aliphatic heterocycles. The number of aliphatic hydroxyl groups is 2. The number of rotatable bonds is 2. The lowest BCUT2D eigenvalue weighted by Gasteiger charge is -2.12. The van der Waals surface area contributed by atoms with E-state index in [0.29, 0.717) is 13.1 Å². The van der Waals surface area contributed by atoms with Crippen molar-refractivity contribution in [3.05, 3.63) is 0 Å². The van der Waals surface area contributed by atoms with Gasteiger partial charge in [0.25, 0.3) is 0 Å². The van der Waals surface area contributed by atoms with Crippen LogP contribution >= 0.6 is 0 Å². The number of amidine groups is 1. The summed E-state index contributed by atoms with van der Waals surface area (Å²) in [5.41, 5.74) is 5.24. The zero-order chi connectivity index (χ0) is 9.14. The number of nitrogens with zero attached hydrogens (tertiary/aromatic N) is 2. The molecule has 12 heavy (non-hydrogen) atoms. The van der Waals surface area contributed by atoms with Gasteiger partial charge in [-0.15, -0.1) is 0 Å². The van der Waals surface area contributed by atoms with Crippen LogP contribution < -0.4 is 5.73 Å². The highest BCUT2D eigenvalue weighted by molar-refractivity contribution is 5.81. The molecule has 6 nitrogen and oxygen atoms in total. The van der Waals surface area contributed by atoms with Crippen molar-refractivity contribution in [2.24, 2.45) is 10.9 Å². The van der Waals surface area contributed by atoms with E-state index in [1.807, 2.05) is 0 Å². The van der Waals surface area contributed by atoms with Crippen LogP contribution in [0.2, 0.25) is 0 Å². The summed E-state index contributed by atoms with van der Waals surface area (Å²) in [6, 6.07) is 0. The SMILES string of the molecule is NC(CN1CC(O)C(O)C1)=NO. The highest BCUT2D eigenvalue weighted by atomic mass is 16.4. The van der Waals surface area contributed by atoms with Crippen LogP contribution in [0.15, 0.2) is 5.16 Å². The Kier molecular flexibility index (Phi) is 2.85. The average molecular weight is 175 g/mol. The van der Waals surface area contributed by atoms with E-state index in [2.05, 4.69) is 5.16 Å². The van der Waals surface area contributed by atoms with Crippen LogP contribution in [-0.2, 0) is 0 Å². The molecule has 0 aliphatic carbocycles. The molecule has 1 saturated heterocycles. The first-order chi connectivity index (χ1) is 5.63. The van der Waals surface area contributed by atoms with Crippen molar-refractivity contribution < 1.29 is 15.4 Å². The lowest BCUT2D eigenvalue weighted by molar-refractivity contribution is 0.0572. The molecule has 70 valence electrons. The van der Waals surface area contributed by atoms with E-state index < -0.39 is 12.2 Å². The number of aliphatic hydroxyl groups excluding tert-OH is 2. The summed E-state index contributed by atoms with van der Waals surface area (Å²) in [5, 5.41) is 29.3. The predicted octanol–water partition coefficient (Wildman–Crippen LogP) is -2.23. The topological polar surface area (TPSA) is 102 Å². The van der Waals surface area contributed by atoms with Crippen LogP contribution in [0.3, 0.4) is 0 Å². The lowest BCUT2D eigenvalue weighted by atomic mass is 10.3. The molecule has 2 unspecified atom stereocenters. The summed E-state index contributed by atoms with van der Waals surface area (Å²) < 4.78 is 0. The smallest absolute Gasteiger partial charge is 0.153 e. The number of likely N-dealkylation sites (tertiary alicyclic amines) is 1. The summed E-state index contributed by atoms with van der Waals surface area (Å²) >= 11 is 0. The van der Waals surface area contributed by atoms with Crippen molar-refractivity contribution in [3.8, 4) is 0 Å². The molecule has 0 aromatic carbocycles. The molecule has 1 rings (SSSR count). The normalized spacial score (nSPS) is 32.7. The van der Waals surface area contributed by atoms with Gasteiger partial charge in [0.2, 0.25) is 0 Å². The summed E-state index contributed by atoms with van der Waals surface area (Å²) in [5.74, 6) is 0.0799. The minimum absolute atomic E-state index is 0.0799. The van der Waals surface area contributed by atoms with Gasteiger partial charge in [0.1, 0.15) is 0 Å². The van der Waals surface area contributed by atoms with E-state index in [0.717, 1.165) is 0 Å². The molecular formula is C6H13N3O3. The summed E-state index contributed by atoms with van der Waals surface area (Å²) in [7, 11) is 0. The average Bonchev–Trinajstić information content (AvgIpc) is 2.31. The quantitative estimate of drug-likeness (QED) is 0.165. The summed E-state index contributed by atoms with van der Waals surface area (Å²) in [4.78, 5) is 1.71. The second-order valence-electron chi connectivity index (χ2n) is 2.92. The Bertz CT molecular complexity index is 175. The van der Waals surface area contributed by atoms with Gasteiger partial charge in [0.05, 0.1) is 18.8 Å². The van der Waals surface area contributed by atoms with Gasteiger partial charge in [-0.2, -0.15) is 0 Å². The predicted molar refractivity (Wildman–Crippen MR) is 41.9 cm³/mol. The fourth-order valence-corrected chi connectivity index (χ4v) is 1.24. The molecule has 2 atom stereocenters. The van der Waals surface area contributed by atoms with Crippen molar-refractivity contribution >= 4 is 5.84 Å². The number of hydrogen-bond acceptors (Lipinski definition) is 5. The first-order valence-electron chi connectivity index (χ1n) is 3.68. The van der Waals surface area contributed by atoms with E-state index in [-0.39, 0.29) is 12.4 Å². The second kappa shape index (κ2) is 3.70. The van der Waals surface area contributed by atoms with Gasteiger partial charge < -0.3 is 21.2 Å². The van der Waals surface area contributed by atoms with E-state index in [4.69, 9.17) is 21.2 Å². The Hall–Kier alpha value is -0.850. The van der Waals surface area contributed by atoms with Crippen molar-refractivity contribution in [1.29, 1.82) is 0 Å². The van der Waals surface area contributed by atoms with Crippen molar-refractivity contribution in [2.45, 2.75) is 12.2 Å². The molecule has 0 aromatic rings. The third-order valence-corrected chi connectivity index (χ3v) is 1.85. The zero-order valence-corrected chi connectivity index (χ0v) is 6.59. The largest absolute Gasteiger partial charge is 0.409 e. The fraction of sp³-hybridized carbons (Fsp3) is 0.833. The molecule has 6 heteroatoms. The molecule has 0 aromatic heterocycles. The monoisotopic (exact) mass is 175 g/mol. The Balaban J connectivity index is 2.37. The Labute approximate surface area is 69.9 Å². The molecule has 5 N–H and O–H groups in total. The van der Waals surface area contributed by atoms with Gasteiger partial charge in [-0.25, -0.2) is 0 Å². The number of oxime groups is 1. The third-order valence-electron chi connectivity index (χ3n) is 1.85. The van der Waals surface area contributed by atoms with Crippen LogP contribution in [0.4, 0.5) is 0 Å². The minimum Gasteiger partial charge on any atom is -0.409 e. The highest BCUT2D eigenvalue weighted by Crippen LogP contribution is 2.08. The van der Waals surface area contributed by atoms with Gasteiger partial charge in [0.15, 0.2) is 5.84 Å². The van der Waals surface area contributed by atoms with Crippen molar-refractivity contribution in [2.75, 3.05) is 19.6 Å². The molecule has 0 amide bonds. The van der Waals surface area contributed by atoms with E-state index in [1.165, 1.54) is 0 Å². The first-order valence-corrected chi connectivity index (χ1v) is 3.68. The molecule has 1 aliphatic rings. The number of nitrogens with two attached hydrogens (primary N) is 1. The number of β-amino-alcohol motifs (C(OH)–C–C–N with tert-alkyl or cyclic N) is 2. The molecule has 0 radical (unpaired) electrons. The Morgan fingerprint density at radius 2 is 1.92 bits per heavy atom. The van der Waals surface area contributed by atoms with Gasteiger partial charge in [-0.1, -0.05) is 5.16 Å². The molecule has 0 saturated carbocycles. The molecule has 0 bridgehead atoms. The summed E-state index contributed by atoms with van der Waals surface area (Å²) in [6.07, 6.45) is -1.45. The number of hydrogen-bond donors (Lipinski definition) is 4. The summed E-state index contributed by atoms with van der Waals surface area (Å²) in [6.45, 7) is 0.986. The molecule has 1 heterocycles. The molecule has 0 spiro atoms. The first kappa shape index (κ1) is 9.24. The van der Waals surface area contributed by atoms with Crippen molar-refractivity contribution in [3.63, 3.8) is 0 Å². The van der Waals surface area contributed by atoms with Crippen LogP contribution in [-0.4, -0.2) is 58.0 Å². The van der Waals surface area contributed by atoms with Crippen LogP contribution in [0.25, 0.3) is 0 Å². The van der Waals surface area contributed by atoms with Crippen molar-refractivity contribution in [1.82, 2.24) is 4.90 Å². The van der Waals surface area contributed by atoms with Crippen LogP contribution in [0.5, 0.6) is 0 Å². The maximum atomic E-state index is 9.12. The second-order valence-corrected chi connectivity index (χ2v) is 2.92. The van der Waals surface area contributed by atoms with E-state index >= 15 is 0 Å². The van der Waals surface area contributed by atoms with E-state index in [9.17, 15) is 0 Å².